The number of nitrogens with one attached hydrogen (secondary N) is 1. The van der Waals surface area contributed by atoms with Gasteiger partial charge in [-0.25, -0.2) is 15.0 Å². The lowest BCUT2D eigenvalue weighted by Crippen LogP contribution is -2.13. The Balaban J connectivity index is 1.80. The highest BCUT2D eigenvalue weighted by Gasteiger charge is 2.11. The lowest BCUT2D eigenvalue weighted by Gasteiger charge is -2.06. The van der Waals surface area contributed by atoms with E-state index in [0.29, 0.717) is 10.7 Å². The van der Waals surface area contributed by atoms with Crippen LogP contribution in [-0.2, 0) is 6.54 Å². The molecule has 1 N–H and O–H groups in total. The maximum absolute atomic E-state index is 12.4. The predicted molar refractivity (Wildman–Crippen MR) is 96.5 cm³/mol. The Morgan fingerprint density at radius 3 is 2.54 bits per heavy atom. The van der Waals surface area contributed by atoms with Gasteiger partial charge in [0.25, 0.3) is 5.91 Å². The second-order valence-electron chi connectivity index (χ2n) is 5.93. The lowest BCUT2D eigenvalue weighted by atomic mass is 10.1. The van der Waals surface area contributed by atoms with Gasteiger partial charge in [-0.05, 0) is 46.1 Å². The molecule has 0 spiro atoms. The van der Waals surface area contributed by atoms with Crippen molar-refractivity contribution in [3.8, 4) is 0 Å². The highest BCUT2D eigenvalue weighted by molar-refractivity contribution is 7.13. The monoisotopic (exact) mass is 341 g/mol. The van der Waals surface area contributed by atoms with Gasteiger partial charge in [0, 0.05) is 17.5 Å². The topological polar surface area (TPSA) is 71.0 Å². The lowest BCUT2D eigenvalue weighted by molar-refractivity contribution is 0.102. The zero-order valence-electron chi connectivity index (χ0n) is 14.1. The number of anilines is 1. The van der Waals surface area contributed by atoms with Crippen LogP contribution >= 0.6 is 11.3 Å². The van der Waals surface area contributed by atoms with Crippen molar-refractivity contribution in [2.24, 2.45) is 0 Å². The van der Waals surface area contributed by atoms with E-state index in [1.165, 1.54) is 11.3 Å². The number of benzene rings is 1. The van der Waals surface area contributed by atoms with Gasteiger partial charge < -0.3 is 4.90 Å². The summed E-state index contributed by atoms with van der Waals surface area (Å²) in [6, 6.07) is 5.34. The van der Waals surface area contributed by atoms with Gasteiger partial charge in [0.2, 0.25) is 0 Å². The molecule has 0 unspecified atom stereocenters. The van der Waals surface area contributed by atoms with Crippen molar-refractivity contribution in [3.63, 3.8) is 0 Å². The molecule has 0 saturated heterocycles. The maximum Gasteiger partial charge on any atom is 0.257 e. The van der Waals surface area contributed by atoms with Gasteiger partial charge in [-0.2, -0.15) is 0 Å². The largest absolute Gasteiger partial charge is 0.304 e. The summed E-state index contributed by atoms with van der Waals surface area (Å²) >= 11 is 1.42. The highest BCUT2D eigenvalue weighted by Crippen LogP contribution is 2.19. The Morgan fingerprint density at radius 2 is 1.83 bits per heavy atom. The molecule has 0 aliphatic carbocycles. The van der Waals surface area contributed by atoms with E-state index in [1.807, 2.05) is 44.3 Å². The molecule has 0 fully saturated rings. The normalized spacial score (nSPS) is 11.2. The molecule has 0 radical (unpaired) electrons. The molecule has 24 heavy (non-hydrogen) atoms. The Labute approximate surface area is 144 Å². The molecule has 6 nitrogen and oxygen atoms in total. The van der Waals surface area contributed by atoms with Gasteiger partial charge in [0.1, 0.15) is 0 Å². The number of nitrogens with zero attached hydrogens (tertiary/aromatic N) is 4. The molecule has 2 heterocycles. The number of aromatic nitrogens is 3. The quantitative estimate of drug-likeness (QED) is 0.790. The first-order chi connectivity index (χ1) is 11.4. The van der Waals surface area contributed by atoms with Gasteiger partial charge in [0.15, 0.2) is 5.13 Å². The van der Waals surface area contributed by atoms with E-state index >= 15 is 0 Å². The molecule has 124 valence electrons. The summed E-state index contributed by atoms with van der Waals surface area (Å²) in [5.41, 5.74) is 4.76. The summed E-state index contributed by atoms with van der Waals surface area (Å²) in [4.78, 5) is 27.9. The third-order valence-electron chi connectivity index (χ3n) is 3.59. The fourth-order valence-electron chi connectivity index (χ4n) is 2.30. The second kappa shape index (κ2) is 6.62. The van der Waals surface area contributed by atoms with Crippen molar-refractivity contribution < 1.29 is 4.79 Å². The van der Waals surface area contributed by atoms with E-state index in [-0.39, 0.29) is 5.91 Å². The van der Waals surface area contributed by atoms with E-state index in [9.17, 15) is 4.79 Å². The fraction of sp³-hybridized carbons (Fsp3) is 0.294. The van der Waals surface area contributed by atoms with Crippen molar-refractivity contribution in [1.29, 1.82) is 0 Å². The third-order valence-corrected chi connectivity index (χ3v) is 4.39. The number of carbonyl (C=O) groups is 1. The van der Waals surface area contributed by atoms with Crippen molar-refractivity contribution in [3.05, 3.63) is 46.2 Å². The minimum atomic E-state index is -0.192. The SMILES string of the molecule is Cc1nc2ccc(C(=O)Nc3nc(CN(C)C)cs3)cc2nc1C. The average Bonchev–Trinajstić information content (AvgIpc) is 2.94. The van der Waals surface area contributed by atoms with Gasteiger partial charge in [0.05, 0.1) is 28.1 Å². The Morgan fingerprint density at radius 1 is 1.12 bits per heavy atom. The standard InChI is InChI=1S/C17H19N5OS/c1-10-11(2)19-15-7-12(5-6-14(15)18-10)16(23)21-17-20-13(9-24-17)8-22(3)4/h5-7,9H,8H2,1-4H3,(H,20,21,23). The molecule has 1 amide bonds. The summed E-state index contributed by atoms with van der Waals surface area (Å²) in [6.45, 7) is 4.59. The minimum absolute atomic E-state index is 0.192. The minimum Gasteiger partial charge on any atom is -0.304 e. The van der Waals surface area contributed by atoms with E-state index in [4.69, 9.17) is 0 Å². The molecule has 0 bridgehead atoms. The van der Waals surface area contributed by atoms with Crippen molar-refractivity contribution in [1.82, 2.24) is 19.9 Å². The summed E-state index contributed by atoms with van der Waals surface area (Å²) in [5.74, 6) is -0.192. The number of hydrogen-bond acceptors (Lipinski definition) is 6. The first kappa shape index (κ1) is 16.5. The van der Waals surface area contributed by atoms with Gasteiger partial charge in [-0.3, -0.25) is 10.1 Å². The first-order valence-electron chi connectivity index (χ1n) is 7.58. The third kappa shape index (κ3) is 3.58. The molecule has 0 aliphatic heterocycles. The van der Waals surface area contributed by atoms with Gasteiger partial charge in [-0.1, -0.05) is 0 Å². The van der Waals surface area contributed by atoms with Crippen molar-refractivity contribution in [2.45, 2.75) is 20.4 Å². The van der Waals surface area contributed by atoms with E-state index in [2.05, 4.69) is 20.3 Å². The smallest absolute Gasteiger partial charge is 0.257 e. The van der Waals surface area contributed by atoms with Gasteiger partial charge >= 0.3 is 0 Å². The second-order valence-corrected chi connectivity index (χ2v) is 6.79. The predicted octanol–water partition coefficient (Wildman–Crippen LogP) is 3.02. The number of hydrogen-bond donors (Lipinski definition) is 1. The van der Waals surface area contributed by atoms with Gasteiger partial charge in [-0.15, -0.1) is 11.3 Å². The van der Waals surface area contributed by atoms with Crippen LogP contribution in [0.5, 0.6) is 0 Å². The number of fused-ring (bicyclic) bond motifs is 1. The molecule has 0 saturated carbocycles. The van der Waals surface area contributed by atoms with Crippen LogP contribution in [0, 0.1) is 13.8 Å². The molecule has 7 heteroatoms. The number of aryl methyl sites for hydroxylation is 2. The molecular formula is C17H19N5OS. The van der Waals surface area contributed by atoms with Crippen LogP contribution in [0.15, 0.2) is 23.6 Å². The first-order valence-corrected chi connectivity index (χ1v) is 8.46. The summed E-state index contributed by atoms with van der Waals surface area (Å²) in [6.07, 6.45) is 0. The molecule has 0 atom stereocenters. The van der Waals surface area contributed by atoms with E-state index < -0.39 is 0 Å². The maximum atomic E-state index is 12.4. The Kier molecular flexibility index (Phi) is 4.55. The van der Waals surface area contributed by atoms with E-state index in [1.54, 1.807) is 12.1 Å². The molecule has 3 aromatic rings. The molecular weight excluding hydrogens is 322 g/mol. The van der Waals surface area contributed by atoms with Crippen LogP contribution in [0.4, 0.5) is 5.13 Å². The molecule has 3 rings (SSSR count). The Bertz CT molecular complexity index is 903. The number of carbonyl (C=O) groups excluding carboxylic acids is 1. The fourth-order valence-corrected chi connectivity index (χ4v) is 3.00. The average molecular weight is 341 g/mol. The molecule has 1 aromatic carbocycles. The van der Waals surface area contributed by atoms with Crippen LogP contribution in [0.2, 0.25) is 0 Å². The van der Waals surface area contributed by atoms with Crippen LogP contribution in [-0.4, -0.2) is 39.9 Å². The molecule has 0 aliphatic rings. The van der Waals surface area contributed by atoms with Crippen LogP contribution in [0.25, 0.3) is 11.0 Å². The Hall–Kier alpha value is -2.38. The van der Waals surface area contributed by atoms with Crippen LogP contribution < -0.4 is 5.32 Å². The zero-order chi connectivity index (χ0) is 17.3. The van der Waals surface area contributed by atoms with Crippen LogP contribution in [0.3, 0.4) is 0 Å². The van der Waals surface area contributed by atoms with Crippen molar-refractivity contribution >= 4 is 33.4 Å². The zero-order valence-corrected chi connectivity index (χ0v) is 14.9. The summed E-state index contributed by atoms with van der Waals surface area (Å²) < 4.78 is 0. The number of rotatable bonds is 4. The molecule has 2 aromatic heterocycles. The number of thiazole rings is 1. The summed E-state index contributed by atoms with van der Waals surface area (Å²) in [7, 11) is 3.97. The summed E-state index contributed by atoms with van der Waals surface area (Å²) in [5, 5.41) is 5.40. The van der Waals surface area contributed by atoms with Crippen LogP contribution in [0.1, 0.15) is 27.4 Å². The van der Waals surface area contributed by atoms with E-state index in [0.717, 1.165) is 34.7 Å². The number of amides is 1. The highest BCUT2D eigenvalue weighted by atomic mass is 32.1. The van der Waals surface area contributed by atoms with Crippen molar-refractivity contribution in [2.75, 3.05) is 19.4 Å².